The minimum absolute atomic E-state index is 0.0127. The zero-order valence-electron chi connectivity index (χ0n) is 16.8. The average molecular weight is 468 g/mol. The first-order valence-electron chi connectivity index (χ1n) is 9.70. The highest BCUT2D eigenvalue weighted by Gasteiger charge is 2.35. The number of ether oxygens (including phenoxy) is 1. The maximum absolute atomic E-state index is 13.3. The topological polar surface area (TPSA) is 119 Å². The maximum atomic E-state index is 13.3. The van der Waals surface area contributed by atoms with E-state index < -0.39 is 26.8 Å². The van der Waals surface area contributed by atoms with Crippen molar-refractivity contribution in [2.45, 2.75) is 24.7 Å². The third kappa shape index (κ3) is 5.33. The number of nitro groups is 1. The Morgan fingerprint density at radius 2 is 2.10 bits per heavy atom. The Morgan fingerprint density at radius 3 is 2.81 bits per heavy atom. The monoisotopic (exact) mass is 467 g/mol. The van der Waals surface area contributed by atoms with E-state index in [-0.39, 0.29) is 40.1 Å². The normalized spacial score (nSPS) is 17.2. The van der Waals surface area contributed by atoms with Crippen molar-refractivity contribution >= 4 is 38.9 Å². The van der Waals surface area contributed by atoms with Crippen molar-refractivity contribution in [3.63, 3.8) is 0 Å². The zero-order chi connectivity index (χ0) is 22.6. The SMILES string of the molecule is CCOc1ccc(Cl)cc1S(=O)(=O)N1CCC[C@@H](C(=O)Nc2cccc([N+](=O)[O-])c2)C1. The summed E-state index contributed by atoms with van der Waals surface area (Å²) in [4.78, 5) is 23.1. The summed E-state index contributed by atoms with van der Waals surface area (Å²) in [5.74, 6) is -0.788. The second kappa shape index (κ2) is 9.63. The lowest BCUT2D eigenvalue weighted by Crippen LogP contribution is -2.43. The van der Waals surface area contributed by atoms with Gasteiger partial charge in [-0.2, -0.15) is 4.31 Å². The standard InChI is InChI=1S/C20H22ClN3O6S/c1-2-30-18-9-8-15(21)11-19(18)31(28,29)23-10-4-5-14(13-23)20(25)22-16-6-3-7-17(12-16)24(26)27/h3,6-9,11-12,14H,2,4-5,10,13H2,1H3,(H,22,25)/t14-/m1/s1. The van der Waals surface area contributed by atoms with Crippen LogP contribution in [-0.4, -0.2) is 43.2 Å². The van der Waals surface area contributed by atoms with Gasteiger partial charge in [0.15, 0.2) is 0 Å². The smallest absolute Gasteiger partial charge is 0.271 e. The van der Waals surface area contributed by atoms with Crippen molar-refractivity contribution in [1.82, 2.24) is 4.31 Å². The molecule has 1 saturated heterocycles. The molecule has 1 fully saturated rings. The Hall–Kier alpha value is -2.69. The van der Waals surface area contributed by atoms with Gasteiger partial charge in [-0.25, -0.2) is 8.42 Å². The lowest BCUT2D eigenvalue weighted by atomic mass is 9.98. The number of amides is 1. The molecule has 31 heavy (non-hydrogen) atoms. The van der Waals surface area contributed by atoms with Gasteiger partial charge in [0.05, 0.1) is 17.4 Å². The van der Waals surface area contributed by atoms with Crippen molar-refractivity contribution < 1.29 is 22.9 Å². The van der Waals surface area contributed by atoms with Crippen LogP contribution in [0, 0.1) is 16.0 Å². The molecule has 3 rings (SSSR count). The van der Waals surface area contributed by atoms with Gasteiger partial charge in [-0.15, -0.1) is 0 Å². The van der Waals surface area contributed by atoms with Crippen LogP contribution >= 0.6 is 11.6 Å². The number of nitrogens with zero attached hydrogens (tertiary/aromatic N) is 2. The van der Waals surface area contributed by atoms with Gasteiger partial charge in [0.1, 0.15) is 10.6 Å². The van der Waals surface area contributed by atoms with Gasteiger partial charge in [-0.3, -0.25) is 14.9 Å². The molecule has 1 aliphatic rings. The van der Waals surface area contributed by atoms with Crippen molar-refractivity contribution in [2.24, 2.45) is 5.92 Å². The lowest BCUT2D eigenvalue weighted by molar-refractivity contribution is -0.384. The third-order valence-electron chi connectivity index (χ3n) is 4.90. The molecule has 11 heteroatoms. The molecule has 1 aliphatic heterocycles. The number of hydrogen-bond acceptors (Lipinski definition) is 6. The predicted molar refractivity (Wildman–Crippen MR) is 116 cm³/mol. The Kier molecular flexibility index (Phi) is 7.14. The fourth-order valence-electron chi connectivity index (χ4n) is 3.41. The minimum Gasteiger partial charge on any atom is -0.492 e. The molecule has 0 aromatic heterocycles. The Bertz CT molecular complexity index is 1090. The summed E-state index contributed by atoms with van der Waals surface area (Å²) in [5.41, 5.74) is 0.141. The molecule has 0 unspecified atom stereocenters. The summed E-state index contributed by atoms with van der Waals surface area (Å²) in [7, 11) is -3.94. The van der Waals surface area contributed by atoms with Crippen LogP contribution < -0.4 is 10.1 Å². The second-order valence-corrected chi connectivity index (χ2v) is 9.37. The fraction of sp³-hybridized carbons (Fsp3) is 0.350. The van der Waals surface area contributed by atoms with Gasteiger partial charge in [0.2, 0.25) is 15.9 Å². The average Bonchev–Trinajstić information content (AvgIpc) is 2.75. The third-order valence-corrected chi connectivity index (χ3v) is 7.02. The summed E-state index contributed by atoms with van der Waals surface area (Å²) in [6, 6.07) is 10.0. The van der Waals surface area contributed by atoms with Gasteiger partial charge in [-0.05, 0) is 44.0 Å². The predicted octanol–water partition coefficient (Wildman–Crippen LogP) is 3.69. The summed E-state index contributed by atoms with van der Waals surface area (Å²) < 4.78 is 33.2. The number of carbonyl (C=O) groups is 1. The number of nitro benzene ring substituents is 1. The summed E-state index contributed by atoms with van der Waals surface area (Å²) in [5, 5.41) is 13.8. The number of sulfonamides is 1. The molecular formula is C20H22ClN3O6S. The van der Waals surface area contributed by atoms with Crippen molar-refractivity contribution in [1.29, 1.82) is 0 Å². The van der Waals surface area contributed by atoms with E-state index in [1.807, 2.05) is 0 Å². The second-order valence-electron chi connectivity index (χ2n) is 7.02. The van der Waals surface area contributed by atoms with Crippen molar-refractivity contribution in [2.75, 3.05) is 25.0 Å². The van der Waals surface area contributed by atoms with Crippen LogP contribution in [-0.2, 0) is 14.8 Å². The van der Waals surface area contributed by atoms with E-state index in [4.69, 9.17) is 16.3 Å². The first kappa shape index (κ1) is 23.0. The molecule has 2 aromatic rings. The quantitative estimate of drug-likeness (QED) is 0.490. The van der Waals surface area contributed by atoms with E-state index in [1.54, 1.807) is 19.1 Å². The first-order valence-corrected chi connectivity index (χ1v) is 11.5. The molecular weight excluding hydrogens is 446 g/mol. The molecule has 1 amide bonds. The summed E-state index contributed by atoms with van der Waals surface area (Å²) in [6.07, 6.45) is 0.997. The Morgan fingerprint density at radius 1 is 1.32 bits per heavy atom. The molecule has 1 heterocycles. The zero-order valence-corrected chi connectivity index (χ0v) is 18.4. The highest BCUT2D eigenvalue weighted by Crippen LogP contribution is 2.32. The van der Waals surface area contributed by atoms with Gasteiger partial charge in [0, 0.05) is 35.9 Å². The van der Waals surface area contributed by atoms with E-state index in [2.05, 4.69) is 5.32 Å². The maximum Gasteiger partial charge on any atom is 0.271 e. The van der Waals surface area contributed by atoms with Crippen LogP contribution in [0.5, 0.6) is 5.75 Å². The van der Waals surface area contributed by atoms with Crippen LogP contribution in [0.25, 0.3) is 0 Å². The number of rotatable bonds is 7. The number of benzene rings is 2. The van der Waals surface area contributed by atoms with Gasteiger partial charge in [0.25, 0.3) is 5.69 Å². The summed E-state index contributed by atoms with van der Waals surface area (Å²) in [6.45, 7) is 2.29. The minimum atomic E-state index is -3.94. The van der Waals surface area contributed by atoms with E-state index in [1.165, 1.54) is 34.6 Å². The number of hydrogen-bond donors (Lipinski definition) is 1. The van der Waals surface area contributed by atoms with E-state index in [9.17, 15) is 23.3 Å². The number of non-ortho nitro benzene ring substituents is 1. The van der Waals surface area contributed by atoms with Crippen molar-refractivity contribution in [3.05, 3.63) is 57.6 Å². The summed E-state index contributed by atoms with van der Waals surface area (Å²) >= 11 is 6.02. The molecule has 166 valence electrons. The molecule has 0 spiro atoms. The number of anilines is 1. The molecule has 0 radical (unpaired) electrons. The first-order chi connectivity index (χ1) is 14.7. The highest BCUT2D eigenvalue weighted by molar-refractivity contribution is 7.89. The van der Waals surface area contributed by atoms with Crippen LogP contribution in [0.1, 0.15) is 19.8 Å². The molecule has 9 nitrogen and oxygen atoms in total. The van der Waals surface area contributed by atoms with E-state index in [0.717, 1.165) is 0 Å². The number of halogens is 1. The molecule has 2 aromatic carbocycles. The van der Waals surface area contributed by atoms with Gasteiger partial charge < -0.3 is 10.1 Å². The molecule has 0 bridgehead atoms. The lowest BCUT2D eigenvalue weighted by Gasteiger charge is -2.31. The molecule has 0 aliphatic carbocycles. The number of carbonyl (C=O) groups excluding carboxylic acids is 1. The molecule has 1 atom stereocenters. The van der Waals surface area contributed by atoms with Crippen LogP contribution in [0.4, 0.5) is 11.4 Å². The largest absolute Gasteiger partial charge is 0.492 e. The number of nitrogens with one attached hydrogen (secondary N) is 1. The van der Waals surface area contributed by atoms with E-state index >= 15 is 0 Å². The van der Waals surface area contributed by atoms with Gasteiger partial charge in [-0.1, -0.05) is 17.7 Å². The number of piperidine rings is 1. The fourth-order valence-corrected chi connectivity index (χ4v) is 5.33. The van der Waals surface area contributed by atoms with Gasteiger partial charge >= 0.3 is 0 Å². The van der Waals surface area contributed by atoms with Crippen LogP contribution in [0.15, 0.2) is 47.4 Å². The van der Waals surface area contributed by atoms with Crippen molar-refractivity contribution in [3.8, 4) is 5.75 Å². The highest BCUT2D eigenvalue weighted by atomic mass is 35.5. The van der Waals surface area contributed by atoms with Crippen LogP contribution in [0.2, 0.25) is 5.02 Å². The molecule has 1 N–H and O–H groups in total. The van der Waals surface area contributed by atoms with E-state index in [0.29, 0.717) is 19.4 Å². The molecule has 0 saturated carbocycles. The Balaban J connectivity index is 1.78. The van der Waals surface area contributed by atoms with Crippen LogP contribution in [0.3, 0.4) is 0 Å². The Labute approximate surface area is 185 Å².